The minimum absolute atomic E-state index is 0.0484. The van der Waals surface area contributed by atoms with Crippen LogP contribution in [-0.2, 0) is 4.74 Å². The van der Waals surface area contributed by atoms with Crippen LogP contribution in [0.15, 0.2) is 16.6 Å². The number of aldehydes is 1. The molecule has 1 aliphatic rings. The van der Waals surface area contributed by atoms with Gasteiger partial charge in [0.15, 0.2) is 6.29 Å². The van der Waals surface area contributed by atoms with E-state index >= 15 is 0 Å². The molecule has 0 saturated carbocycles. The topological polar surface area (TPSA) is 72.7 Å². The van der Waals surface area contributed by atoms with Crippen molar-refractivity contribution in [2.45, 2.75) is 26.1 Å². The van der Waals surface area contributed by atoms with Gasteiger partial charge in [0, 0.05) is 30.4 Å². The molecule has 2 atom stereocenters. The number of carbonyl (C=O) groups is 1. The van der Waals surface area contributed by atoms with Crippen LogP contribution in [0, 0.1) is 10.1 Å². The number of benzene rings is 1. The van der Waals surface area contributed by atoms with E-state index in [4.69, 9.17) is 4.74 Å². The van der Waals surface area contributed by atoms with E-state index in [-0.39, 0.29) is 17.9 Å². The van der Waals surface area contributed by atoms with Crippen molar-refractivity contribution in [3.8, 4) is 0 Å². The molecule has 0 aromatic heterocycles. The highest BCUT2D eigenvalue weighted by Gasteiger charge is 2.26. The number of halogens is 1. The first-order valence-electron chi connectivity index (χ1n) is 6.26. The van der Waals surface area contributed by atoms with Crippen molar-refractivity contribution in [2.75, 3.05) is 18.0 Å². The van der Waals surface area contributed by atoms with Gasteiger partial charge in [-0.15, -0.1) is 0 Å². The summed E-state index contributed by atoms with van der Waals surface area (Å²) in [7, 11) is 0. The standard InChI is InChI=1S/C13H15BrN2O4/c1-8-5-15(6-9(2)20-8)12-4-11(14)13(16(18)19)3-10(12)7-17/h3-4,7-9H,5-6H2,1-2H3/t8-,9+. The second kappa shape index (κ2) is 5.88. The van der Waals surface area contributed by atoms with Gasteiger partial charge >= 0.3 is 0 Å². The lowest BCUT2D eigenvalue weighted by Gasteiger charge is -2.37. The summed E-state index contributed by atoms with van der Waals surface area (Å²) in [6.07, 6.45) is 0.749. The molecule has 0 unspecified atom stereocenters. The van der Waals surface area contributed by atoms with Gasteiger partial charge in [-0.05, 0) is 35.8 Å². The Morgan fingerprint density at radius 3 is 2.50 bits per heavy atom. The molecule has 1 fully saturated rings. The van der Waals surface area contributed by atoms with Crippen LogP contribution in [0.1, 0.15) is 24.2 Å². The lowest BCUT2D eigenvalue weighted by molar-refractivity contribution is -0.385. The van der Waals surface area contributed by atoms with Gasteiger partial charge in [-0.25, -0.2) is 0 Å². The normalized spacial score (nSPS) is 22.6. The number of rotatable bonds is 3. The van der Waals surface area contributed by atoms with Gasteiger partial charge in [0.25, 0.3) is 5.69 Å². The highest BCUT2D eigenvalue weighted by atomic mass is 79.9. The maximum absolute atomic E-state index is 11.2. The third-order valence-electron chi connectivity index (χ3n) is 3.18. The molecular weight excluding hydrogens is 328 g/mol. The van der Waals surface area contributed by atoms with Crippen molar-refractivity contribution in [1.82, 2.24) is 0 Å². The predicted octanol–water partition coefficient (Wildman–Crippen LogP) is 2.78. The highest BCUT2D eigenvalue weighted by Crippen LogP contribution is 2.33. The van der Waals surface area contributed by atoms with Gasteiger partial charge in [-0.2, -0.15) is 0 Å². The zero-order valence-electron chi connectivity index (χ0n) is 11.2. The van der Waals surface area contributed by atoms with E-state index < -0.39 is 4.92 Å². The van der Waals surface area contributed by atoms with Gasteiger partial charge in [0.2, 0.25) is 0 Å². The second-order valence-corrected chi connectivity index (χ2v) is 5.75. The SMILES string of the molecule is C[C@@H]1CN(c2cc(Br)c([N+](=O)[O-])cc2C=O)C[C@H](C)O1. The molecule has 2 rings (SSSR count). The van der Waals surface area contributed by atoms with Crippen LogP contribution < -0.4 is 4.90 Å². The van der Waals surface area contributed by atoms with Crippen LogP contribution in [0.3, 0.4) is 0 Å². The number of nitro benzene ring substituents is 1. The van der Waals surface area contributed by atoms with Crippen LogP contribution in [-0.4, -0.2) is 36.5 Å². The Bertz CT molecular complexity index is 539. The minimum Gasteiger partial charge on any atom is -0.372 e. The molecular formula is C13H15BrN2O4. The van der Waals surface area contributed by atoms with E-state index in [1.807, 2.05) is 18.7 Å². The van der Waals surface area contributed by atoms with E-state index in [0.29, 0.717) is 35.1 Å². The Hall–Kier alpha value is -1.47. The number of hydrogen-bond acceptors (Lipinski definition) is 5. The monoisotopic (exact) mass is 342 g/mol. The molecule has 0 amide bonds. The fraction of sp³-hybridized carbons (Fsp3) is 0.462. The summed E-state index contributed by atoms with van der Waals surface area (Å²) >= 11 is 3.19. The molecule has 1 saturated heterocycles. The summed E-state index contributed by atoms with van der Waals surface area (Å²) < 4.78 is 6.02. The van der Waals surface area contributed by atoms with Gasteiger partial charge in [-0.1, -0.05) is 0 Å². The van der Waals surface area contributed by atoms with Crippen molar-refractivity contribution < 1.29 is 14.5 Å². The average Bonchev–Trinajstić information content (AvgIpc) is 2.36. The van der Waals surface area contributed by atoms with Crippen molar-refractivity contribution in [3.63, 3.8) is 0 Å². The molecule has 1 aliphatic heterocycles. The van der Waals surface area contributed by atoms with E-state index in [2.05, 4.69) is 15.9 Å². The number of nitrogens with zero attached hydrogens (tertiary/aromatic N) is 2. The number of morpholine rings is 1. The fourth-order valence-corrected chi connectivity index (χ4v) is 2.93. The number of ether oxygens (including phenoxy) is 1. The number of hydrogen-bond donors (Lipinski definition) is 0. The Balaban J connectivity index is 2.43. The zero-order valence-corrected chi connectivity index (χ0v) is 12.8. The largest absolute Gasteiger partial charge is 0.372 e. The average molecular weight is 343 g/mol. The van der Waals surface area contributed by atoms with Crippen molar-refractivity contribution in [1.29, 1.82) is 0 Å². The van der Waals surface area contributed by atoms with Crippen molar-refractivity contribution in [3.05, 3.63) is 32.3 Å². The fourth-order valence-electron chi connectivity index (χ4n) is 2.45. The molecule has 108 valence electrons. The van der Waals surface area contributed by atoms with Gasteiger partial charge in [0.1, 0.15) is 0 Å². The Kier molecular flexibility index (Phi) is 4.39. The van der Waals surface area contributed by atoms with E-state index in [9.17, 15) is 14.9 Å². The Labute approximate surface area is 125 Å². The smallest absolute Gasteiger partial charge is 0.284 e. The molecule has 6 nitrogen and oxygen atoms in total. The summed E-state index contributed by atoms with van der Waals surface area (Å²) in [5, 5.41) is 10.9. The number of nitro groups is 1. The second-order valence-electron chi connectivity index (χ2n) is 4.90. The van der Waals surface area contributed by atoms with E-state index in [1.54, 1.807) is 6.07 Å². The molecule has 0 radical (unpaired) electrons. The third kappa shape index (κ3) is 2.99. The van der Waals surface area contributed by atoms with Crippen LogP contribution in [0.2, 0.25) is 0 Å². The third-order valence-corrected chi connectivity index (χ3v) is 3.82. The van der Waals surface area contributed by atoms with Crippen LogP contribution in [0.5, 0.6) is 0 Å². The van der Waals surface area contributed by atoms with Gasteiger partial charge in [-0.3, -0.25) is 14.9 Å². The van der Waals surface area contributed by atoms with Crippen LogP contribution >= 0.6 is 15.9 Å². The quantitative estimate of drug-likeness (QED) is 0.479. The van der Waals surface area contributed by atoms with Gasteiger partial charge in [0.05, 0.1) is 21.6 Å². The van der Waals surface area contributed by atoms with Crippen molar-refractivity contribution >= 4 is 33.6 Å². The first-order valence-corrected chi connectivity index (χ1v) is 7.05. The predicted molar refractivity (Wildman–Crippen MR) is 78.4 cm³/mol. The summed E-state index contributed by atoms with van der Waals surface area (Å²) in [6, 6.07) is 2.93. The number of carbonyl (C=O) groups excluding carboxylic acids is 1. The number of anilines is 1. The van der Waals surface area contributed by atoms with E-state index in [1.165, 1.54) is 6.07 Å². The minimum atomic E-state index is -0.509. The summed E-state index contributed by atoms with van der Waals surface area (Å²) in [5.74, 6) is 0. The summed E-state index contributed by atoms with van der Waals surface area (Å²) in [4.78, 5) is 23.6. The maximum Gasteiger partial charge on any atom is 0.284 e. The first kappa shape index (κ1) is 14.9. The highest BCUT2D eigenvalue weighted by molar-refractivity contribution is 9.10. The molecule has 7 heteroatoms. The zero-order chi connectivity index (χ0) is 14.9. The molecule has 1 heterocycles. The molecule has 0 bridgehead atoms. The molecule has 1 aromatic carbocycles. The lowest BCUT2D eigenvalue weighted by Crippen LogP contribution is -2.45. The summed E-state index contributed by atoms with van der Waals surface area (Å²) in [5.41, 5.74) is 0.908. The van der Waals surface area contributed by atoms with Crippen LogP contribution in [0.4, 0.5) is 11.4 Å². The van der Waals surface area contributed by atoms with Crippen molar-refractivity contribution in [2.24, 2.45) is 0 Å². The molecule has 20 heavy (non-hydrogen) atoms. The van der Waals surface area contributed by atoms with Crippen LogP contribution in [0.25, 0.3) is 0 Å². The van der Waals surface area contributed by atoms with Gasteiger partial charge < -0.3 is 9.64 Å². The molecule has 0 spiro atoms. The maximum atomic E-state index is 11.2. The molecule has 0 aliphatic carbocycles. The Morgan fingerprint density at radius 1 is 1.40 bits per heavy atom. The molecule has 0 N–H and O–H groups in total. The Morgan fingerprint density at radius 2 is 2.00 bits per heavy atom. The first-order chi connectivity index (χ1) is 9.42. The lowest BCUT2D eigenvalue weighted by atomic mass is 10.1. The molecule has 1 aromatic rings. The van der Waals surface area contributed by atoms with E-state index in [0.717, 1.165) is 0 Å². The summed E-state index contributed by atoms with van der Waals surface area (Å²) in [6.45, 7) is 5.22.